The number of anilines is 1. The van der Waals surface area contributed by atoms with Gasteiger partial charge in [-0.2, -0.15) is 5.10 Å². The fraction of sp³-hybridized carbons (Fsp3) is 0.0870. The number of nitrogens with one attached hydrogen (secondary N) is 1. The molecule has 1 aliphatic carbocycles. The normalized spacial score (nSPS) is 12.6. The zero-order chi connectivity index (χ0) is 20.1. The molecule has 5 rings (SSSR count). The zero-order valence-electron chi connectivity index (χ0n) is 15.7. The topological polar surface area (TPSA) is 89.6 Å². The average Bonchev–Trinajstić information content (AvgIpc) is 3.41. The number of carbonyl (C=O) groups excluding carboxylic acids is 1. The van der Waals surface area contributed by atoms with Gasteiger partial charge in [0.1, 0.15) is 11.6 Å². The van der Waals surface area contributed by atoms with Crippen LogP contribution in [0.5, 0.6) is 0 Å². The van der Waals surface area contributed by atoms with E-state index in [2.05, 4.69) is 21.0 Å². The lowest BCUT2D eigenvalue weighted by Gasteiger charge is -2.05. The number of Topliss-reactive ketones (excluding diaryl/α,β-unsaturated/α-hetero) is 1. The summed E-state index contributed by atoms with van der Waals surface area (Å²) in [6.45, 7) is 1.90. The molecule has 0 spiro atoms. The lowest BCUT2D eigenvalue weighted by Crippen LogP contribution is -2.08. The van der Waals surface area contributed by atoms with Crippen molar-refractivity contribution < 1.29 is 4.79 Å². The first-order valence-electron chi connectivity index (χ1n) is 9.18. The number of benzene rings is 2. The third-order valence-corrected chi connectivity index (χ3v) is 5.19. The number of carbonyl (C=O) groups is 1. The van der Waals surface area contributed by atoms with E-state index >= 15 is 0 Å². The Balaban J connectivity index is 1.49. The highest BCUT2D eigenvalue weighted by Crippen LogP contribution is 2.30. The van der Waals surface area contributed by atoms with Crippen LogP contribution < -0.4 is 5.73 Å². The van der Waals surface area contributed by atoms with Crippen molar-refractivity contribution in [1.82, 2.24) is 19.7 Å². The van der Waals surface area contributed by atoms with Gasteiger partial charge in [0.15, 0.2) is 5.78 Å². The second-order valence-corrected chi connectivity index (χ2v) is 7.11. The molecule has 0 saturated heterocycles. The van der Waals surface area contributed by atoms with Gasteiger partial charge in [-0.1, -0.05) is 12.0 Å². The van der Waals surface area contributed by atoms with Crippen LogP contribution >= 0.6 is 0 Å². The maximum absolute atomic E-state index is 13.1. The van der Waals surface area contributed by atoms with E-state index in [-0.39, 0.29) is 5.78 Å². The molecule has 29 heavy (non-hydrogen) atoms. The first-order valence-corrected chi connectivity index (χ1v) is 9.18. The van der Waals surface area contributed by atoms with Gasteiger partial charge in [0.05, 0.1) is 28.5 Å². The van der Waals surface area contributed by atoms with E-state index in [1.807, 2.05) is 49.4 Å². The molecule has 0 aliphatic heterocycles. The number of fused-ring (bicyclic) bond motifs is 2. The van der Waals surface area contributed by atoms with Gasteiger partial charge in [-0.15, -0.1) is 6.42 Å². The smallest absolute Gasteiger partial charge is 0.194 e. The standard InChI is InChI=1S/C23H17N5O/c1-3-14-4-5-15-9-17(10-16(15)8-14)22(29)19-12-25-28(23(19)24)18-6-7-20-21(11-18)27-13(2)26-20/h1,4-8,10-12H,9,24H2,2H3,(H,26,27). The largest absolute Gasteiger partial charge is 0.383 e. The summed E-state index contributed by atoms with van der Waals surface area (Å²) in [5, 5.41) is 4.35. The molecule has 0 amide bonds. The minimum absolute atomic E-state index is 0.120. The molecule has 3 N–H and O–H groups in total. The Hall–Kier alpha value is -4.11. The van der Waals surface area contributed by atoms with Crippen molar-refractivity contribution in [2.45, 2.75) is 13.3 Å². The molecular weight excluding hydrogens is 362 g/mol. The molecule has 0 radical (unpaired) electrons. The van der Waals surface area contributed by atoms with Crippen LogP contribution in [0.3, 0.4) is 0 Å². The number of hydrogen-bond donors (Lipinski definition) is 2. The summed E-state index contributed by atoms with van der Waals surface area (Å²) in [5.41, 5.74) is 12.8. The van der Waals surface area contributed by atoms with Crippen LogP contribution in [-0.2, 0) is 6.42 Å². The van der Waals surface area contributed by atoms with Crippen LogP contribution in [0.2, 0.25) is 0 Å². The number of nitrogens with zero attached hydrogens (tertiary/aromatic N) is 3. The molecule has 1 aliphatic rings. The highest BCUT2D eigenvalue weighted by Gasteiger charge is 2.24. The summed E-state index contributed by atoms with van der Waals surface area (Å²) in [5.74, 6) is 3.65. The van der Waals surface area contributed by atoms with Crippen LogP contribution in [-0.4, -0.2) is 25.5 Å². The number of ketones is 1. The molecular formula is C23H17N5O. The minimum atomic E-state index is -0.120. The van der Waals surface area contributed by atoms with E-state index in [0.29, 0.717) is 23.4 Å². The maximum atomic E-state index is 13.1. The fourth-order valence-corrected chi connectivity index (χ4v) is 3.74. The van der Waals surface area contributed by atoms with Crippen molar-refractivity contribution in [2.24, 2.45) is 0 Å². The molecule has 140 valence electrons. The average molecular weight is 379 g/mol. The molecule has 4 aromatic rings. The number of hydrogen-bond acceptors (Lipinski definition) is 4. The van der Waals surface area contributed by atoms with Gasteiger partial charge in [0, 0.05) is 17.6 Å². The molecule has 0 atom stereocenters. The molecule has 0 unspecified atom stereocenters. The van der Waals surface area contributed by atoms with E-state index in [4.69, 9.17) is 12.2 Å². The number of nitrogen functional groups attached to an aromatic ring is 1. The van der Waals surface area contributed by atoms with Crippen LogP contribution in [0, 0.1) is 19.3 Å². The number of H-pyrrole nitrogens is 1. The van der Waals surface area contributed by atoms with Crippen molar-refractivity contribution in [3.05, 3.63) is 76.2 Å². The van der Waals surface area contributed by atoms with E-state index in [1.165, 1.54) is 6.20 Å². The third kappa shape index (κ3) is 2.72. The fourth-order valence-electron chi connectivity index (χ4n) is 3.74. The number of terminal acetylenes is 1. The first kappa shape index (κ1) is 17.0. The van der Waals surface area contributed by atoms with Gasteiger partial charge >= 0.3 is 0 Å². The molecule has 0 saturated carbocycles. The van der Waals surface area contributed by atoms with Gasteiger partial charge < -0.3 is 10.7 Å². The van der Waals surface area contributed by atoms with Crippen molar-refractivity contribution in [3.8, 4) is 18.0 Å². The minimum Gasteiger partial charge on any atom is -0.383 e. The molecule has 0 bridgehead atoms. The Morgan fingerprint density at radius 2 is 2.14 bits per heavy atom. The second-order valence-electron chi connectivity index (χ2n) is 7.11. The van der Waals surface area contributed by atoms with Gasteiger partial charge in [-0.3, -0.25) is 4.79 Å². The lowest BCUT2D eigenvalue weighted by atomic mass is 10.0. The zero-order valence-corrected chi connectivity index (χ0v) is 15.7. The molecule has 2 heterocycles. The van der Waals surface area contributed by atoms with E-state index in [1.54, 1.807) is 4.68 Å². The number of rotatable bonds is 3. The summed E-state index contributed by atoms with van der Waals surface area (Å²) in [4.78, 5) is 20.7. The molecule has 0 fully saturated rings. The van der Waals surface area contributed by atoms with Crippen LogP contribution in [0.4, 0.5) is 5.82 Å². The van der Waals surface area contributed by atoms with Crippen molar-refractivity contribution in [2.75, 3.05) is 5.73 Å². The van der Waals surface area contributed by atoms with Gasteiger partial charge in [0.2, 0.25) is 0 Å². The van der Waals surface area contributed by atoms with E-state index in [9.17, 15) is 4.79 Å². The van der Waals surface area contributed by atoms with Gasteiger partial charge in [0.25, 0.3) is 0 Å². The predicted molar refractivity (Wildman–Crippen MR) is 113 cm³/mol. The highest BCUT2D eigenvalue weighted by molar-refractivity contribution is 6.15. The monoisotopic (exact) mass is 379 g/mol. The summed E-state index contributed by atoms with van der Waals surface area (Å²) >= 11 is 0. The number of aryl methyl sites for hydroxylation is 1. The molecule has 6 heteroatoms. The SMILES string of the molecule is C#Cc1ccc2c(c1)C=C(C(=O)c1cnn(-c3ccc4nc(C)[nH]c4c3)c1N)C2. The maximum Gasteiger partial charge on any atom is 0.194 e. The van der Waals surface area contributed by atoms with Crippen molar-refractivity contribution >= 4 is 28.7 Å². The number of imidazole rings is 1. The van der Waals surface area contributed by atoms with Gasteiger partial charge in [-0.25, -0.2) is 9.67 Å². The Labute approximate surface area is 167 Å². The summed E-state index contributed by atoms with van der Waals surface area (Å²) < 4.78 is 1.57. The van der Waals surface area contributed by atoms with Crippen LogP contribution in [0.1, 0.15) is 32.9 Å². The predicted octanol–water partition coefficient (Wildman–Crippen LogP) is 3.44. The quantitative estimate of drug-likeness (QED) is 0.421. The summed E-state index contributed by atoms with van der Waals surface area (Å²) in [7, 11) is 0. The number of nitrogens with two attached hydrogens (primary N) is 1. The second kappa shape index (κ2) is 6.21. The third-order valence-electron chi connectivity index (χ3n) is 5.19. The number of aromatic amines is 1. The Morgan fingerprint density at radius 3 is 2.97 bits per heavy atom. The summed E-state index contributed by atoms with van der Waals surface area (Å²) in [6.07, 6.45) is 9.44. The van der Waals surface area contributed by atoms with Crippen molar-refractivity contribution in [1.29, 1.82) is 0 Å². The van der Waals surface area contributed by atoms with Crippen molar-refractivity contribution in [3.63, 3.8) is 0 Å². The highest BCUT2D eigenvalue weighted by atomic mass is 16.1. The summed E-state index contributed by atoms with van der Waals surface area (Å²) in [6, 6.07) is 11.5. The van der Waals surface area contributed by atoms with Crippen LogP contribution in [0.25, 0.3) is 22.8 Å². The Kier molecular flexibility index (Phi) is 3.65. The van der Waals surface area contributed by atoms with Crippen LogP contribution in [0.15, 0.2) is 48.2 Å². The molecule has 2 aromatic heterocycles. The van der Waals surface area contributed by atoms with Gasteiger partial charge in [-0.05, 0) is 54.5 Å². The molecule has 2 aromatic carbocycles. The number of allylic oxidation sites excluding steroid dienone is 1. The first-order chi connectivity index (χ1) is 14.0. The Morgan fingerprint density at radius 1 is 1.28 bits per heavy atom. The lowest BCUT2D eigenvalue weighted by molar-refractivity contribution is 0.103. The molecule has 6 nitrogen and oxygen atoms in total. The van der Waals surface area contributed by atoms with E-state index in [0.717, 1.165) is 39.2 Å². The Bertz CT molecular complexity index is 1380. The van der Waals surface area contributed by atoms with E-state index < -0.39 is 0 Å². The number of aromatic nitrogens is 4.